The Hall–Kier alpha value is -1.09. The van der Waals surface area contributed by atoms with Crippen LogP contribution in [0.2, 0.25) is 0 Å². The minimum absolute atomic E-state index is 0.655. The van der Waals surface area contributed by atoms with Gasteiger partial charge in [0, 0.05) is 18.4 Å². The Kier molecular flexibility index (Phi) is 2.45. The number of nitrogens with one attached hydrogen (secondary N) is 1. The van der Waals surface area contributed by atoms with E-state index in [1.807, 2.05) is 12.4 Å². The molecule has 0 saturated carbocycles. The van der Waals surface area contributed by atoms with Gasteiger partial charge in [0.15, 0.2) is 0 Å². The predicted octanol–water partition coefficient (Wildman–Crippen LogP) is 1.28. The molecular formula is C10H15N3. The van der Waals surface area contributed by atoms with E-state index < -0.39 is 0 Å². The normalized spacial score (nSPS) is 22.0. The molecule has 0 bridgehead atoms. The van der Waals surface area contributed by atoms with Gasteiger partial charge in [-0.25, -0.2) is 4.68 Å². The molecule has 1 N–H and O–H groups in total. The van der Waals surface area contributed by atoms with Gasteiger partial charge in [0.1, 0.15) is 0 Å². The largest absolute Gasteiger partial charge is 0.314 e. The van der Waals surface area contributed by atoms with Gasteiger partial charge in [-0.1, -0.05) is 6.58 Å². The van der Waals surface area contributed by atoms with Crippen molar-refractivity contribution in [2.45, 2.75) is 25.3 Å². The monoisotopic (exact) mass is 177 g/mol. The molecule has 1 fully saturated rings. The van der Waals surface area contributed by atoms with Crippen LogP contribution in [0.5, 0.6) is 0 Å². The van der Waals surface area contributed by atoms with Crippen LogP contribution in [-0.2, 0) is 6.42 Å². The number of hydrogen-bond donors (Lipinski definition) is 1. The summed E-state index contributed by atoms with van der Waals surface area (Å²) in [6.07, 6.45) is 9.35. The average Bonchev–Trinajstić information content (AvgIpc) is 2.76. The quantitative estimate of drug-likeness (QED) is 0.753. The van der Waals surface area contributed by atoms with E-state index in [2.05, 4.69) is 17.0 Å². The fourth-order valence-electron chi connectivity index (χ4n) is 1.80. The lowest BCUT2D eigenvalue weighted by Gasteiger charge is -2.06. The molecule has 0 spiro atoms. The molecule has 0 aliphatic carbocycles. The first-order valence-electron chi connectivity index (χ1n) is 4.77. The molecule has 0 aromatic carbocycles. The predicted molar refractivity (Wildman–Crippen MR) is 53.3 cm³/mol. The fourth-order valence-corrected chi connectivity index (χ4v) is 1.80. The molecule has 1 aromatic rings. The molecule has 1 atom stereocenters. The molecule has 2 rings (SSSR count). The van der Waals surface area contributed by atoms with Crippen LogP contribution in [0, 0.1) is 0 Å². The van der Waals surface area contributed by atoms with E-state index >= 15 is 0 Å². The van der Waals surface area contributed by atoms with Crippen LogP contribution in [0.25, 0.3) is 6.20 Å². The highest BCUT2D eigenvalue weighted by Gasteiger charge is 2.14. The SMILES string of the molecule is C=Cn1cc(CC2CCCN2)cn1. The summed E-state index contributed by atoms with van der Waals surface area (Å²) in [4.78, 5) is 0. The van der Waals surface area contributed by atoms with E-state index in [1.165, 1.54) is 24.9 Å². The van der Waals surface area contributed by atoms with Crippen molar-refractivity contribution < 1.29 is 0 Å². The van der Waals surface area contributed by atoms with Crippen molar-refractivity contribution in [3.05, 3.63) is 24.5 Å². The maximum atomic E-state index is 4.15. The first-order valence-corrected chi connectivity index (χ1v) is 4.77. The Morgan fingerprint density at radius 1 is 1.77 bits per heavy atom. The van der Waals surface area contributed by atoms with Gasteiger partial charge in [0.05, 0.1) is 6.20 Å². The lowest BCUT2D eigenvalue weighted by Crippen LogP contribution is -2.23. The van der Waals surface area contributed by atoms with Crippen LogP contribution < -0.4 is 5.32 Å². The number of rotatable bonds is 3. The van der Waals surface area contributed by atoms with E-state index in [0.29, 0.717) is 6.04 Å². The molecule has 0 amide bonds. The van der Waals surface area contributed by atoms with E-state index in [9.17, 15) is 0 Å². The topological polar surface area (TPSA) is 29.9 Å². The Morgan fingerprint density at radius 2 is 2.69 bits per heavy atom. The lowest BCUT2D eigenvalue weighted by atomic mass is 10.1. The van der Waals surface area contributed by atoms with Gasteiger partial charge in [-0.15, -0.1) is 0 Å². The number of nitrogens with zero attached hydrogens (tertiary/aromatic N) is 2. The van der Waals surface area contributed by atoms with Crippen LogP contribution in [0.1, 0.15) is 18.4 Å². The molecule has 2 heterocycles. The third-order valence-electron chi connectivity index (χ3n) is 2.49. The van der Waals surface area contributed by atoms with Crippen LogP contribution in [-0.4, -0.2) is 22.4 Å². The maximum absolute atomic E-state index is 4.15. The van der Waals surface area contributed by atoms with Crippen molar-refractivity contribution in [2.75, 3.05) is 6.54 Å². The van der Waals surface area contributed by atoms with Gasteiger partial charge >= 0.3 is 0 Å². The molecule has 1 saturated heterocycles. The van der Waals surface area contributed by atoms with Crippen molar-refractivity contribution >= 4 is 6.20 Å². The van der Waals surface area contributed by atoms with Gasteiger partial charge in [-0.2, -0.15) is 5.10 Å². The standard InChI is InChI=1S/C10H15N3/c1-2-13-8-9(7-12-13)6-10-4-3-5-11-10/h2,7-8,10-11H,1,3-6H2. The van der Waals surface area contributed by atoms with Crippen LogP contribution in [0.4, 0.5) is 0 Å². The molecular weight excluding hydrogens is 162 g/mol. The summed E-state index contributed by atoms with van der Waals surface area (Å²) in [6, 6.07) is 0.655. The van der Waals surface area contributed by atoms with Crippen LogP contribution >= 0.6 is 0 Å². The molecule has 13 heavy (non-hydrogen) atoms. The fraction of sp³-hybridized carbons (Fsp3) is 0.500. The summed E-state index contributed by atoms with van der Waals surface area (Å²) in [5.74, 6) is 0. The summed E-state index contributed by atoms with van der Waals surface area (Å²) in [5, 5.41) is 7.62. The highest BCUT2D eigenvalue weighted by atomic mass is 15.2. The second-order valence-corrected chi connectivity index (χ2v) is 3.51. The molecule has 1 aliphatic heterocycles. The summed E-state index contributed by atoms with van der Waals surface area (Å²) in [7, 11) is 0. The third-order valence-corrected chi connectivity index (χ3v) is 2.49. The first kappa shape index (κ1) is 8.51. The van der Waals surface area contributed by atoms with Crippen molar-refractivity contribution in [1.82, 2.24) is 15.1 Å². The van der Waals surface area contributed by atoms with Gasteiger partial charge < -0.3 is 5.32 Å². The second kappa shape index (κ2) is 3.75. The Balaban J connectivity index is 1.96. The molecule has 1 aromatic heterocycles. The summed E-state index contributed by atoms with van der Waals surface area (Å²) < 4.78 is 1.75. The van der Waals surface area contributed by atoms with Gasteiger partial charge in [0.25, 0.3) is 0 Å². The molecule has 3 nitrogen and oxygen atoms in total. The summed E-state index contributed by atoms with van der Waals surface area (Å²) in [5.41, 5.74) is 1.29. The van der Waals surface area contributed by atoms with Crippen molar-refractivity contribution in [2.24, 2.45) is 0 Å². The molecule has 70 valence electrons. The molecule has 3 heteroatoms. The van der Waals surface area contributed by atoms with E-state index in [4.69, 9.17) is 0 Å². The van der Waals surface area contributed by atoms with E-state index in [1.54, 1.807) is 10.9 Å². The zero-order valence-corrected chi connectivity index (χ0v) is 7.74. The molecule has 1 unspecified atom stereocenters. The molecule has 0 radical (unpaired) electrons. The zero-order chi connectivity index (χ0) is 9.10. The minimum atomic E-state index is 0.655. The van der Waals surface area contributed by atoms with Crippen molar-refractivity contribution in [3.63, 3.8) is 0 Å². The number of aromatic nitrogens is 2. The smallest absolute Gasteiger partial charge is 0.0526 e. The highest BCUT2D eigenvalue weighted by molar-refractivity contribution is 5.18. The summed E-state index contributed by atoms with van der Waals surface area (Å²) >= 11 is 0. The minimum Gasteiger partial charge on any atom is -0.314 e. The van der Waals surface area contributed by atoms with Crippen molar-refractivity contribution in [1.29, 1.82) is 0 Å². The average molecular weight is 177 g/mol. The van der Waals surface area contributed by atoms with Gasteiger partial charge in [-0.05, 0) is 31.4 Å². The number of hydrogen-bond acceptors (Lipinski definition) is 2. The third kappa shape index (κ3) is 1.98. The van der Waals surface area contributed by atoms with Crippen LogP contribution in [0.3, 0.4) is 0 Å². The molecule has 1 aliphatic rings. The van der Waals surface area contributed by atoms with E-state index in [-0.39, 0.29) is 0 Å². The van der Waals surface area contributed by atoms with Gasteiger partial charge in [0.2, 0.25) is 0 Å². The van der Waals surface area contributed by atoms with Crippen molar-refractivity contribution in [3.8, 4) is 0 Å². The zero-order valence-electron chi connectivity index (χ0n) is 7.74. The lowest BCUT2D eigenvalue weighted by molar-refractivity contribution is 0.603. The highest BCUT2D eigenvalue weighted by Crippen LogP contribution is 2.11. The van der Waals surface area contributed by atoms with Gasteiger partial charge in [-0.3, -0.25) is 0 Å². The summed E-state index contributed by atoms with van der Waals surface area (Å²) in [6.45, 7) is 4.83. The Morgan fingerprint density at radius 3 is 3.31 bits per heavy atom. The van der Waals surface area contributed by atoms with E-state index in [0.717, 1.165) is 6.42 Å². The maximum Gasteiger partial charge on any atom is 0.0526 e. The first-order chi connectivity index (χ1) is 6.38. The second-order valence-electron chi connectivity index (χ2n) is 3.51. The van der Waals surface area contributed by atoms with Crippen LogP contribution in [0.15, 0.2) is 19.0 Å². The Labute approximate surface area is 78.4 Å². The Bertz CT molecular complexity index is 284.